The van der Waals surface area contributed by atoms with Gasteiger partial charge in [-0.1, -0.05) is 0 Å². The van der Waals surface area contributed by atoms with Gasteiger partial charge in [0.25, 0.3) is 10.9 Å². The number of carbonyl (C=O) groups is 1. The highest BCUT2D eigenvalue weighted by Crippen LogP contribution is 2.26. The lowest BCUT2D eigenvalue weighted by atomic mass is 10.1. The van der Waals surface area contributed by atoms with Gasteiger partial charge in [0.1, 0.15) is 17.9 Å². The summed E-state index contributed by atoms with van der Waals surface area (Å²) in [7, 11) is 1.52. The Morgan fingerprint density at radius 2 is 1.88 bits per heavy atom. The second kappa shape index (κ2) is 4.20. The third-order valence-corrected chi connectivity index (χ3v) is 3.04. The van der Waals surface area contributed by atoms with E-state index in [-0.39, 0.29) is 12.2 Å². The first-order valence-electron chi connectivity index (χ1n) is 5.53. The Morgan fingerprint density at radius 1 is 1.29 bits per heavy atom. The standard InChI is InChI=1S/C11H14N2O4/c1-12(6-7(14)15)8-9(11(17)10(8)16)13-4-2-3-5-13/h2-6H2,1H3,(H,14,15). The molecular formula is C11H14N2O4. The first kappa shape index (κ1) is 11.6. The van der Waals surface area contributed by atoms with Gasteiger partial charge in [0.15, 0.2) is 0 Å². The number of aliphatic carboxylic acids is 1. The zero-order valence-corrected chi connectivity index (χ0v) is 9.60. The van der Waals surface area contributed by atoms with Crippen LogP contribution >= 0.6 is 0 Å². The fraction of sp³-hybridized carbons (Fsp3) is 0.545. The van der Waals surface area contributed by atoms with E-state index in [0.717, 1.165) is 25.9 Å². The summed E-state index contributed by atoms with van der Waals surface area (Å²) in [5.74, 6) is -1.02. The van der Waals surface area contributed by atoms with Crippen molar-refractivity contribution in [3.63, 3.8) is 0 Å². The van der Waals surface area contributed by atoms with Crippen LogP contribution in [0, 0.1) is 0 Å². The number of nitrogens with zero attached hydrogens (tertiary/aromatic N) is 2. The molecule has 0 aliphatic carbocycles. The lowest BCUT2D eigenvalue weighted by Gasteiger charge is -2.27. The van der Waals surface area contributed by atoms with E-state index in [1.165, 1.54) is 11.9 Å². The third kappa shape index (κ3) is 1.90. The van der Waals surface area contributed by atoms with Gasteiger partial charge in [-0.2, -0.15) is 0 Å². The van der Waals surface area contributed by atoms with Gasteiger partial charge in [-0.25, -0.2) is 0 Å². The summed E-state index contributed by atoms with van der Waals surface area (Å²) in [6.07, 6.45) is 2.00. The number of rotatable bonds is 4. The molecule has 1 fully saturated rings. The molecular weight excluding hydrogens is 224 g/mol. The summed E-state index contributed by atoms with van der Waals surface area (Å²) in [5, 5.41) is 8.68. The molecule has 6 heteroatoms. The van der Waals surface area contributed by atoms with Gasteiger partial charge >= 0.3 is 5.97 Å². The van der Waals surface area contributed by atoms with Crippen LogP contribution in [0.4, 0.5) is 11.4 Å². The maximum atomic E-state index is 11.5. The van der Waals surface area contributed by atoms with Crippen molar-refractivity contribution in [1.82, 2.24) is 0 Å². The number of likely N-dealkylation sites (N-methyl/N-ethyl adjacent to an activating group) is 1. The number of hydrogen-bond acceptors (Lipinski definition) is 5. The van der Waals surface area contributed by atoms with Crippen LogP contribution in [0.3, 0.4) is 0 Å². The molecule has 17 heavy (non-hydrogen) atoms. The maximum absolute atomic E-state index is 11.5. The smallest absolute Gasteiger partial charge is 0.323 e. The average molecular weight is 238 g/mol. The Morgan fingerprint density at radius 3 is 2.41 bits per heavy atom. The predicted octanol–water partition coefficient (Wildman–Crippen LogP) is -0.596. The van der Waals surface area contributed by atoms with Crippen LogP contribution in [-0.2, 0) is 4.79 Å². The highest BCUT2D eigenvalue weighted by Gasteiger charge is 2.30. The lowest BCUT2D eigenvalue weighted by Crippen LogP contribution is -2.45. The van der Waals surface area contributed by atoms with Gasteiger partial charge in [0.2, 0.25) is 0 Å². The molecule has 0 aromatic heterocycles. The monoisotopic (exact) mass is 238 g/mol. The van der Waals surface area contributed by atoms with Crippen molar-refractivity contribution >= 4 is 17.3 Å². The Balaban J connectivity index is 2.28. The first-order valence-corrected chi connectivity index (χ1v) is 5.53. The van der Waals surface area contributed by atoms with Crippen molar-refractivity contribution < 1.29 is 9.90 Å². The van der Waals surface area contributed by atoms with Crippen molar-refractivity contribution in [3.8, 4) is 0 Å². The first-order chi connectivity index (χ1) is 8.02. The number of carboxylic acid groups (broad SMARTS) is 1. The fourth-order valence-electron chi connectivity index (χ4n) is 2.24. The maximum Gasteiger partial charge on any atom is 0.323 e. The third-order valence-electron chi connectivity index (χ3n) is 3.04. The van der Waals surface area contributed by atoms with E-state index < -0.39 is 16.8 Å². The van der Waals surface area contributed by atoms with Crippen LogP contribution in [0.5, 0.6) is 0 Å². The largest absolute Gasteiger partial charge is 0.480 e. The molecule has 6 nitrogen and oxygen atoms in total. The molecule has 2 rings (SSSR count). The number of anilines is 2. The van der Waals surface area contributed by atoms with Crippen LogP contribution in [0.2, 0.25) is 0 Å². The molecule has 1 N–H and O–H groups in total. The Bertz CT molecular complexity index is 510. The van der Waals surface area contributed by atoms with Crippen molar-refractivity contribution in [3.05, 3.63) is 20.4 Å². The van der Waals surface area contributed by atoms with Crippen molar-refractivity contribution in [1.29, 1.82) is 0 Å². The van der Waals surface area contributed by atoms with Crippen LogP contribution < -0.4 is 20.7 Å². The summed E-state index contributed by atoms with van der Waals surface area (Å²) >= 11 is 0. The second-order valence-corrected chi connectivity index (χ2v) is 4.30. The molecule has 0 atom stereocenters. The Hall–Kier alpha value is -1.85. The van der Waals surface area contributed by atoms with Crippen LogP contribution in [0.1, 0.15) is 12.8 Å². The van der Waals surface area contributed by atoms with E-state index >= 15 is 0 Å². The summed E-state index contributed by atoms with van der Waals surface area (Å²) in [4.78, 5) is 36.8. The summed E-state index contributed by atoms with van der Waals surface area (Å²) in [5.41, 5.74) is -0.412. The minimum absolute atomic E-state index is 0.249. The number of hydrogen-bond donors (Lipinski definition) is 1. The molecule has 0 unspecified atom stereocenters. The van der Waals surface area contributed by atoms with E-state index in [2.05, 4.69) is 0 Å². The van der Waals surface area contributed by atoms with Crippen LogP contribution in [0.15, 0.2) is 9.59 Å². The van der Waals surface area contributed by atoms with Gasteiger partial charge in [0.05, 0.1) is 0 Å². The summed E-state index contributed by atoms with van der Waals surface area (Å²) < 4.78 is 0. The topological polar surface area (TPSA) is 77.9 Å². The minimum Gasteiger partial charge on any atom is -0.480 e. The van der Waals surface area contributed by atoms with Gasteiger partial charge in [-0.15, -0.1) is 0 Å². The molecule has 1 aromatic rings. The van der Waals surface area contributed by atoms with Crippen LogP contribution in [0.25, 0.3) is 0 Å². The summed E-state index contributed by atoms with van der Waals surface area (Å²) in [6.45, 7) is 1.25. The van der Waals surface area contributed by atoms with E-state index in [9.17, 15) is 14.4 Å². The van der Waals surface area contributed by atoms with Gasteiger partial charge in [-0.3, -0.25) is 14.4 Å². The molecule has 0 amide bonds. The Kier molecular flexibility index (Phi) is 2.87. The highest BCUT2D eigenvalue weighted by molar-refractivity contribution is 5.81. The van der Waals surface area contributed by atoms with E-state index in [0.29, 0.717) is 5.69 Å². The molecule has 1 saturated heterocycles. The molecule has 0 bridgehead atoms. The second-order valence-electron chi connectivity index (χ2n) is 4.30. The zero-order chi connectivity index (χ0) is 12.6. The lowest BCUT2D eigenvalue weighted by molar-refractivity contribution is -0.135. The normalized spacial score (nSPS) is 15.5. The molecule has 1 aromatic carbocycles. The minimum atomic E-state index is -1.02. The van der Waals surface area contributed by atoms with Crippen molar-refractivity contribution in [2.45, 2.75) is 12.8 Å². The molecule has 92 valence electrons. The van der Waals surface area contributed by atoms with Crippen molar-refractivity contribution in [2.75, 3.05) is 36.5 Å². The molecule has 1 aliphatic heterocycles. The van der Waals surface area contributed by atoms with E-state index in [4.69, 9.17) is 5.11 Å². The fourth-order valence-corrected chi connectivity index (χ4v) is 2.24. The molecule has 1 aliphatic rings. The van der Waals surface area contributed by atoms with E-state index in [1.807, 2.05) is 4.90 Å². The van der Waals surface area contributed by atoms with Crippen molar-refractivity contribution in [2.24, 2.45) is 0 Å². The quantitative estimate of drug-likeness (QED) is 0.706. The zero-order valence-electron chi connectivity index (χ0n) is 9.60. The van der Waals surface area contributed by atoms with Gasteiger partial charge in [-0.05, 0) is 12.8 Å². The number of carboxylic acids is 1. The molecule has 0 radical (unpaired) electrons. The Labute approximate surface area is 97.8 Å². The molecule has 0 saturated carbocycles. The van der Waals surface area contributed by atoms with E-state index in [1.54, 1.807) is 0 Å². The van der Waals surface area contributed by atoms with Crippen LogP contribution in [-0.4, -0.2) is 37.8 Å². The van der Waals surface area contributed by atoms with Gasteiger partial charge < -0.3 is 14.9 Å². The summed E-state index contributed by atoms with van der Waals surface area (Å²) in [6, 6.07) is 0. The molecule has 1 heterocycles. The SMILES string of the molecule is CN(CC(=O)O)c1c(N2CCCC2)c(=O)c1=O. The highest BCUT2D eigenvalue weighted by atomic mass is 16.4. The molecule has 0 spiro atoms. The van der Waals surface area contributed by atoms with Gasteiger partial charge in [0, 0.05) is 20.1 Å². The average Bonchev–Trinajstić information content (AvgIpc) is 2.75. The predicted molar refractivity (Wildman–Crippen MR) is 63.7 cm³/mol.